The highest BCUT2D eigenvalue weighted by Gasteiger charge is 2.47. The number of para-hydroxylation sites is 1. The topological polar surface area (TPSA) is 111 Å². The number of nitrogens with zero attached hydrogens (tertiary/aromatic N) is 2. The molecule has 0 aliphatic heterocycles. The number of hydrogen-bond acceptors (Lipinski definition) is 8. The average molecular weight is 441 g/mol. The first-order valence-corrected chi connectivity index (χ1v) is 11.7. The van der Waals surface area contributed by atoms with Crippen molar-refractivity contribution in [3.63, 3.8) is 0 Å². The summed E-state index contributed by atoms with van der Waals surface area (Å²) < 4.78 is 1.08. The highest BCUT2D eigenvalue weighted by molar-refractivity contribution is 7.21. The van der Waals surface area contributed by atoms with Crippen LogP contribution in [0.25, 0.3) is 20.8 Å². The van der Waals surface area contributed by atoms with E-state index in [9.17, 15) is 15.3 Å². The molecular weight excluding hydrogens is 412 g/mol. The van der Waals surface area contributed by atoms with Gasteiger partial charge in [0, 0.05) is 19.1 Å². The van der Waals surface area contributed by atoms with Gasteiger partial charge in [-0.25, -0.2) is 9.97 Å². The van der Waals surface area contributed by atoms with E-state index in [1.165, 1.54) is 12.8 Å². The fraction of sp³-hybridized carbons (Fsp3) is 0.478. The zero-order chi connectivity index (χ0) is 21.6. The molecule has 0 amide bonds. The summed E-state index contributed by atoms with van der Waals surface area (Å²) in [6, 6.07) is 10.00. The molecule has 164 valence electrons. The second-order valence-electron chi connectivity index (χ2n) is 8.83. The van der Waals surface area contributed by atoms with Gasteiger partial charge in [0.1, 0.15) is 22.7 Å². The number of hydrogen-bond donors (Lipinski definition) is 5. The fourth-order valence-corrected chi connectivity index (χ4v) is 5.38. The summed E-state index contributed by atoms with van der Waals surface area (Å²) in [5, 5.41) is 38.7. The zero-order valence-electron chi connectivity index (χ0n) is 17.5. The normalized spacial score (nSPS) is 25.8. The minimum atomic E-state index is -1.55. The second-order valence-corrected chi connectivity index (χ2v) is 9.87. The van der Waals surface area contributed by atoms with E-state index in [2.05, 4.69) is 10.6 Å². The van der Waals surface area contributed by atoms with E-state index in [1.807, 2.05) is 37.3 Å². The minimum absolute atomic E-state index is 0.161. The standard InChI is InChI=1S/C23H28N4O3S/c1-13-10-18(24-11-14-6-7-14)26-21(27-23(30)9-8-15(12-28)20(23)29)19(13)22-25-16-4-2-3-5-17(16)31-22/h2-5,10,14-15,20,28-30H,6-9,11-12H2,1H3,(H2,24,26,27). The first-order valence-electron chi connectivity index (χ1n) is 10.9. The third-order valence-corrected chi connectivity index (χ3v) is 7.45. The Morgan fingerprint density at radius 1 is 1.19 bits per heavy atom. The fourth-order valence-electron chi connectivity index (χ4n) is 4.31. The van der Waals surface area contributed by atoms with E-state index < -0.39 is 11.8 Å². The molecule has 2 aromatic heterocycles. The summed E-state index contributed by atoms with van der Waals surface area (Å²) in [5.74, 6) is 1.58. The highest BCUT2D eigenvalue weighted by atomic mass is 32.1. The number of thiazole rings is 1. The molecule has 3 aromatic rings. The molecule has 0 bridgehead atoms. The van der Waals surface area contributed by atoms with E-state index in [4.69, 9.17) is 9.97 Å². The molecule has 2 saturated carbocycles. The Labute approximate surface area is 185 Å². The number of aliphatic hydroxyl groups excluding tert-OH is 2. The Kier molecular flexibility index (Phi) is 5.34. The van der Waals surface area contributed by atoms with Gasteiger partial charge >= 0.3 is 0 Å². The molecule has 2 aliphatic rings. The summed E-state index contributed by atoms with van der Waals surface area (Å²) >= 11 is 1.58. The lowest BCUT2D eigenvalue weighted by Gasteiger charge is -2.31. The molecule has 5 rings (SSSR count). The molecule has 1 aromatic carbocycles. The molecule has 2 fully saturated rings. The van der Waals surface area contributed by atoms with E-state index in [0.29, 0.717) is 24.6 Å². The lowest BCUT2D eigenvalue weighted by atomic mass is 10.0. The number of aliphatic hydroxyl groups is 3. The van der Waals surface area contributed by atoms with Crippen LogP contribution in [0.3, 0.4) is 0 Å². The lowest BCUT2D eigenvalue weighted by Crippen LogP contribution is -2.48. The van der Waals surface area contributed by atoms with Crippen LogP contribution in [0.5, 0.6) is 0 Å². The van der Waals surface area contributed by atoms with Gasteiger partial charge in [0.15, 0.2) is 5.72 Å². The SMILES string of the molecule is Cc1cc(NCC2CC2)nc(NC2(O)CCC(CO)C2O)c1-c1nc2ccccc2s1. The van der Waals surface area contributed by atoms with E-state index in [1.54, 1.807) is 11.3 Å². The Balaban J connectivity index is 1.55. The third kappa shape index (κ3) is 4.01. The third-order valence-electron chi connectivity index (χ3n) is 6.39. The zero-order valence-corrected chi connectivity index (χ0v) is 18.3. The van der Waals surface area contributed by atoms with E-state index in [0.717, 1.165) is 38.7 Å². The van der Waals surface area contributed by atoms with E-state index in [-0.39, 0.29) is 12.5 Å². The van der Waals surface area contributed by atoms with Crippen molar-refractivity contribution in [1.29, 1.82) is 0 Å². The molecule has 5 N–H and O–H groups in total. The number of aryl methyl sites for hydroxylation is 1. The number of fused-ring (bicyclic) bond motifs is 1. The monoisotopic (exact) mass is 440 g/mol. The quantitative estimate of drug-likeness (QED) is 0.358. The number of anilines is 2. The Morgan fingerprint density at radius 3 is 2.71 bits per heavy atom. The van der Waals surface area contributed by atoms with Crippen LogP contribution in [-0.4, -0.2) is 50.3 Å². The highest BCUT2D eigenvalue weighted by Crippen LogP contribution is 2.41. The van der Waals surface area contributed by atoms with Crippen LogP contribution < -0.4 is 10.6 Å². The Bertz CT molecular complexity index is 1070. The number of aromatic nitrogens is 2. The van der Waals surface area contributed by atoms with Crippen LogP contribution in [0.2, 0.25) is 0 Å². The maximum atomic E-state index is 11.2. The van der Waals surface area contributed by atoms with E-state index >= 15 is 0 Å². The predicted octanol–water partition coefficient (Wildman–Crippen LogP) is 3.35. The predicted molar refractivity (Wildman–Crippen MR) is 123 cm³/mol. The second kappa shape index (κ2) is 8.02. The van der Waals surface area contributed by atoms with Crippen LogP contribution in [0.15, 0.2) is 30.3 Å². The summed E-state index contributed by atoms with van der Waals surface area (Å²) in [5.41, 5.74) is 1.19. The number of benzene rings is 1. The molecule has 0 saturated heterocycles. The minimum Gasteiger partial charge on any atom is -0.396 e. The first kappa shape index (κ1) is 20.6. The van der Waals surface area contributed by atoms with Gasteiger partial charge in [-0.3, -0.25) is 0 Å². The van der Waals surface area contributed by atoms with Crippen LogP contribution in [-0.2, 0) is 0 Å². The molecule has 3 atom stereocenters. The van der Waals surface area contributed by atoms with Crippen molar-refractivity contribution < 1.29 is 15.3 Å². The van der Waals surface area contributed by atoms with Gasteiger partial charge in [-0.2, -0.15) is 0 Å². The van der Waals surface area contributed by atoms with Crippen LogP contribution in [0.1, 0.15) is 31.2 Å². The molecule has 3 unspecified atom stereocenters. The number of nitrogens with one attached hydrogen (secondary N) is 2. The molecule has 7 nitrogen and oxygen atoms in total. The van der Waals surface area contributed by atoms with Crippen molar-refractivity contribution >= 4 is 33.2 Å². The lowest BCUT2D eigenvalue weighted by molar-refractivity contribution is -0.0545. The van der Waals surface area contributed by atoms with Gasteiger partial charge in [0.05, 0.1) is 15.8 Å². The van der Waals surface area contributed by atoms with Gasteiger partial charge in [0.25, 0.3) is 0 Å². The van der Waals surface area contributed by atoms with Crippen LogP contribution in [0.4, 0.5) is 11.6 Å². The molecule has 2 heterocycles. The molecule has 8 heteroatoms. The number of pyridine rings is 1. The Hall–Kier alpha value is -2.26. The smallest absolute Gasteiger partial charge is 0.163 e. The van der Waals surface area contributed by atoms with Gasteiger partial charge in [-0.05, 0) is 62.3 Å². The van der Waals surface area contributed by atoms with Crippen molar-refractivity contribution in [2.75, 3.05) is 23.8 Å². The maximum Gasteiger partial charge on any atom is 0.163 e. The average Bonchev–Trinajstić information content (AvgIpc) is 3.42. The van der Waals surface area contributed by atoms with Crippen LogP contribution >= 0.6 is 11.3 Å². The van der Waals surface area contributed by atoms with Crippen LogP contribution in [0, 0.1) is 18.8 Å². The summed E-state index contributed by atoms with van der Waals surface area (Å²) in [4.78, 5) is 9.58. The summed E-state index contributed by atoms with van der Waals surface area (Å²) in [6.07, 6.45) is 2.28. The Morgan fingerprint density at radius 2 is 2.00 bits per heavy atom. The van der Waals surface area contributed by atoms with Crippen molar-refractivity contribution in [3.05, 3.63) is 35.9 Å². The maximum absolute atomic E-state index is 11.2. The molecule has 2 aliphatic carbocycles. The van der Waals surface area contributed by atoms with Gasteiger partial charge in [-0.1, -0.05) is 12.1 Å². The van der Waals surface area contributed by atoms with Crippen molar-refractivity contribution in [2.24, 2.45) is 11.8 Å². The largest absolute Gasteiger partial charge is 0.396 e. The first-order chi connectivity index (χ1) is 15.0. The van der Waals surface area contributed by atoms with Crippen molar-refractivity contribution in [3.8, 4) is 10.6 Å². The van der Waals surface area contributed by atoms with Gasteiger partial charge < -0.3 is 26.0 Å². The molecule has 0 spiro atoms. The van der Waals surface area contributed by atoms with Crippen molar-refractivity contribution in [2.45, 2.75) is 44.4 Å². The molecule has 31 heavy (non-hydrogen) atoms. The molecular formula is C23H28N4O3S. The number of rotatable bonds is 7. The van der Waals surface area contributed by atoms with Gasteiger partial charge in [0.2, 0.25) is 0 Å². The van der Waals surface area contributed by atoms with Gasteiger partial charge in [-0.15, -0.1) is 11.3 Å². The van der Waals surface area contributed by atoms with Crippen molar-refractivity contribution in [1.82, 2.24) is 9.97 Å². The summed E-state index contributed by atoms with van der Waals surface area (Å²) in [6.45, 7) is 2.74. The summed E-state index contributed by atoms with van der Waals surface area (Å²) in [7, 11) is 0. The molecule has 0 radical (unpaired) electrons.